The van der Waals surface area contributed by atoms with Crippen molar-refractivity contribution in [3.05, 3.63) is 0 Å². The molecule has 0 fully saturated rings. The van der Waals surface area contributed by atoms with Gasteiger partial charge in [0.1, 0.15) is 5.60 Å². The van der Waals surface area contributed by atoms with Gasteiger partial charge in [0, 0.05) is 117 Å². The second-order valence-electron chi connectivity index (χ2n) is 25.6. The summed E-state index contributed by atoms with van der Waals surface area (Å²) in [4.78, 5) is 166. The van der Waals surface area contributed by atoms with Gasteiger partial charge in [-0.15, -0.1) is 0 Å². The highest BCUT2D eigenvalue weighted by Gasteiger charge is 2.25. The van der Waals surface area contributed by atoms with Crippen LogP contribution in [0.5, 0.6) is 0 Å². The number of nitrogens with one attached hydrogen (secondary N) is 8. The summed E-state index contributed by atoms with van der Waals surface area (Å²) in [6, 6.07) is 0. The lowest BCUT2D eigenvalue weighted by Gasteiger charge is -2.26. The highest BCUT2D eigenvalue weighted by molar-refractivity contribution is 5.88. The van der Waals surface area contributed by atoms with E-state index in [0.717, 1.165) is 109 Å². The van der Waals surface area contributed by atoms with Gasteiger partial charge in [-0.05, 0) is 92.2 Å². The molecule has 12 amide bonds. The van der Waals surface area contributed by atoms with Gasteiger partial charge in [0.15, 0.2) is 0 Å². The van der Waals surface area contributed by atoms with E-state index in [-0.39, 0.29) is 172 Å². The fourth-order valence-corrected chi connectivity index (χ4v) is 10.1. The van der Waals surface area contributed by atoms with E-state index in [4.69, 9.17) is 4.74 Å². The number of amides is 12. The first-order valence-corrected chi connectivity index (χ1v) is 36.1. The fraction of sp³-hybridized carbons (Fsp3) is 0.826. The summed E-state index contributed by atoms with van der Waals surface area (Å²) in [5.41, 5.74) is -0.718. The SMILES string of the molecule is CCCCCCC(=O)N(CCNC(=O)CN(CCNC(=O)CN(CCNC(=O)CN(CCNC(=O)CN(CCNC(=O)OC(C)(C)C)C(=O)CCCCCC)C(=O)CCCCCC)C(=O)CCCCCNC)C(=O)CCCCCC)CC(=O)NCCCCCC(=O)NCCC. The van der Waals surface area contributed by atoms with Crippen molar-refractivity contribution in [1.29, 1.82) is 0 Å². The van der Waals surface area contributed by atoms with Gasteiger partial charge >= 0.3 is 6.09 Å². The number of carbonyl (C=O) groups is 12. The Balaban J connectivity index is 6.05. The van der Waals surface area contributed by atoms with Gasteiger partial charge < -0.3 is 71.8 Å². The predicted octanol–water partition coefficient (Wildman–Crippen LogP) is 5.98. The Morgan fingerprint density at radius 2 is 0.526 bits per heavy atom. The molecule has 0 unspecified atom stereocenters. The van der Waals surface area contributed by atoms with Crippen molar-refractivity contribution in [3.8, 4) is 0 Å². The molecule has 0 aromatic rings. The van der Waals surface area contributed by atoms with Crippen LogP contribution in [-0.2, 0) is 57.5 Å². The molecule has 0 saturated heterocycles. The highest BCUT2D eigenvalue weighted by atomic mass is 16.6. The molecule has 0 aromatic heterocycles. The van der Waals surface area contributed by atoms with E-state index in [1.165, 1.54) is 24.5 Å². The molecule has 0 spiro atoms. The maximum Gasteiger partial charge on any atom is 0.407 e. The van der Waals surface area contributed by atoms with Crippen LogP contribution in [0.1, 0.15) is 242 Å². The standard InChI is InChI=1S/C69H129N13O13/c1-10-15-19-26-34-63(89)78(52-58(84)72-41-32-23-25-33-57(83)71-39-14-5)47-42-73-59(85)53-79(64(90)35-27-20-16-11-2)48-43-74-61(87)55-81(67(93)38-30-24-31-40-70-9)50-45-75-60(86)54-80(65(91)36-28-21-17-12-3)49-44-76-62(88)56-82(66(92)37-29-22-18-13-4)51-46-77-68(94)95-69(6,7)8/h70H,10-56H2,1-9H3,(H,71,83)(H,72,84)(H,73,85)(H,74,87)(H,75,86)(H,76,88)(H,77,94). The van der Waals surface area contributed by atoms with Crippen molar-refractivity contribution in [2.45, 2.75) is 247 Å². The van der Waals surface area contributed by atoms with E-state index >= 15 is 0 Å². The average molecular weight is 1350 g/mol. The minimum absolute atomic E-state index is 0.00460. The number of ether oxygens (including phenoxy) is 1. The van der Waals surface area contributed by atoms with Crippen LogP contribution in [-0.4, -0.2) is 226 Å². The van der Waals surface area contributed by atoms with Crippen LogP contribution in [0.2, 0.25) is 0 Å². The molecule has 0 heterocycles. The molecule has 0 atom stereocenters. The number of hydrogen-bond acceptors (Lipinski definition) is 14. The van der Waals surface area contributed by atoms with Gasteiger partial charge in [0.25, 0.3) is 0 Å². The Bertz CT molecular complexity index is 2200. The first-order valence-electron chi connectivity index (χ1n) is 36.1. The summed E-state index contributed by atoms with van der Waals surface area (Å²) in [5, 5.41) is 22.7. The molecule has 95 heavy (non-hydrogen) atoms. The second kappa shape index (κ2) is 57.6. The summed E-state index contributed by atoms with van der Waals surface area (Å²) in [7, 11) is 1.85. The minimum Gasteiger partial charge on any atom is -0.444 e. The molecule has 26 nitrogen and oxygen atoms in total. The Kier molecular flexibility index (Phi) is 53.6. The highest BCUT2D eigenvalue weighted by Crippen LogP contribution is 2.12. The molecule has 548 valence electrons. The van der Waals surface area contributed by atoms with Crippen LogP contribution in [0, 0.1) is 0 Å². The molecule has 0 radical (unpaired) electrons. The minimum atomic E-state index is -0.718. The van der Waals surface area contributed by atoms with Crippen molar-refractivity contribution >= 4 is 71.1 Å². The van der Waals surface area contributed by atoms with Crippen LogP contribution < -0.4 is 42.5 Å². The van der Waals surface area contributed by atoms with Crippen LogP contribution >= 0.6 is 0 Å². The van der Waals surface area contributed by atoms with E-state index in [9.17, 15) is 57.5 Å². The lowest BCUT2D eigenvalue weighted by Crippen LogP contribution is -2.49. The first-order chi connectivity index (χ1) is 45.5. The third-order valence-corrected chi connectivity index (χ3v) is 15.6. The monoisotopic (exact) mass is 1350 g/mol. The number of unbranched alkanes of at least 4 members (excludes halogenated alkanes) is 16. The first kappa shape index (κ1) is 88.4. The number of rotatable bonds is 59. The molecular weight excluding hydrogens is 1220 g/mol. The van der Waals surface area contributed by atoms with Crippen molar-refractivity contribution < 1.29 is 62.3 Å². The lowest BCUT2D eigenvalue weighted by atomic mass is 10.1. The Morgan fingerprint density at radius 3 is 0.800 bits per heavy atom. The predicted molar refractivity (Wildman–Crippen MR) is 371 cm³/mol. The Labute approximate surface area is 570 Å². The topological polar surface area (TPSA) is 327 Å². The lowest BCUT2D eigenvalue weighted by molar-refractivity contribution is -0.137. The fourth-order valence-electron chi connectivity index (χ4n) is 10.1. The summed E-state index contributed by atoms with van der Waals surface area (Å²) in [6.07, 6.45) is 19.7. The van der Waals surface area contributed by atoms with Crippen LogP contribution in [0.4, 0.5) is 4.79 Å². The molecule has 0 saturated carbocycles. The summed E-state index contributed by atoms with van der Waals surface area (Å²) < 4.78 is 5.32. The van der Waals surface area contributed by atoms with E-state index in [1.54, 1.807) is 20.8 Å². The van der Waals surface area contributed by atoms with Gasteiger partial charge in [0.05, 0.1) is 32.7 Å². The van der Waals surface area contributed by atoms with Crippen LogP contribution in [0.15, 0.2) is 0 Å². The van der Waals surface area contributed by atoms with Gasteiger partial charge in [-0.25, -0.2) is 4.79 Å². The smallest absolute Gasteiger partial charge is 0.407 e. The van der Waals surface area contributed by atoms with Gasteiger partial charge in [-0.2, -0.15) is 0 Å². The molecule has 0 aliphatic carbocycles. The molecule has 0 aromatic carbocycles. The molecule has 0 aliphatic rings. The van der Waals surface area contributed by atoms with Crippen molar-refractivity contribution in [2.24, 2.45) is 0 Å². The summed E-state index contributed by atoms with van der Waals surface area (Å²) in [5.74, 6) is -3.60. The number of carbonyl (C=O) groups excluding carboxylic acids is 12. The summed E-state index contributed by atoms with van der Waals surface area (Å²) in [6.45, 7) is 15.9. The van der Waals surface area contributed by atoms with Crippen molar-refractivity contribution in [3.63, 3.8) is 0 Å². The zero-order chi connectivity index (χ0) is 70.9. The zero-order valence-electron chi connectivity index (χ0n) is 60.3. The molecule has 8 N–H and O–H groups in total. The third-order valence-electron chi connectivity index (χ3n) is 15.6. The number of nitrogens with zero attached hydrogens (tertiary/aromatic N) is 5. The van der Waals surface area contributed by atoms with Crippen molar-refractivity contribution in [1.82, 2.24) is 67.0 Å². The number of alkyl carbamates (subject to hydrolysis) is 1. The quantitative estimate of drug-likeness (QED) is 0.0325. The normalized spacial score (nSPS) is 11.0. The third kappa shape index (κ3) is 50.5. The molecular formula is C69H129N13O13. The molecule has 0 rings (SSSR count). The Morgan fingerprint density at radius 1 is 0.274 bits per heavy atom. The maximum atomic E-state index is 13.8. The van der Waals surface area contributed by atoms with Gasteiger partial charge in [-0.3, -0.25) is 52.7 Å². The molecule has 0 aliphatic heterocycles. The summed E-state index contributed by atoms with van der Waals surface area (Å²) >= 11 is 0. The Hall–Kier alpha value is -6.60. The number of hydrogen-bond donors (Lipinski definition) is 8. The second-order valence-corrected chi connectivity index (χ2v) is 25.6. The molecule has 0 bridgehead atoms. The van der Waals surface area contributed by atoms with E-state index in [2.05, 4.69) is 70.2 Å². The maximum absolute atomic E-state index is 13.8. The van der Waals surface area contributed by atoms with Crippen LogP contribution in [0.25, 0.3) is 0 Å². The molecule has 26 heteroatoms. The van der Waals surface area contributed by atoms with Crippen LogP contribution in [0.3, 0.4) is 0 Å². The van der Waals surface area contributed by atoms with Gasteiger partial charge in [0.2, 0.25) is 65.0 Å². The van der Waals surface area contributed by atoms with E-state index in [0.29, 0.717) is 64.5 Å². The van der Waals surface area contributed by atoms with E-state index < -0.39 is 35.3 Å². The van der Waals surface area contributed by atoms with Crippen molar-refractivity contribution in [2.75, 3.05) is 125 Å². The average Bonchev–Trinajstić information content (AvgIpc) is 3.27. The van der Waals surface area contributed by atoms with Gasteiger partial charge in [-0.1, -0.05) is 125 Å². The van der Waals surface area contributed by atoms with E-state index in [1.807, 2.05) is 14.0 Å². The zero-order valence-corrected chi connectivity index (χ0v) is 60.3. The largest absolute Gasteiger partial charge is 0.444 e.